The summed E-state index contributed by atoms with van der Waals surface area (Å²) in [7, 11) is 1.42. The van der Waals surface area contributed by atoms with Gasteiger partial charge in [0.15, 0.2) is 0 Å². The molecule has 0 saturated heterocycles. The summed E-state index contributed by atoms with van der Waals surface area (Å²) in [6.07, 6.45) is 10.4. The van der Waals surface area contributed by atoms with Crippen LogP contribution in [0, 0.1) is 17.8 Å². The fraction of sp³-hybridized carbons (Fsp3) is 0.486. The fourth-order valence-electron chi connectivity index (χ4n) is 6.44. The molecule has 13 heteroatoms. The third kappa shape index (κ3) is 11.1. The van der Waals surface area contributed by atoms with Gasteiger partial charge in [0.25, 0.3) is 17.4 Å². The van der Waals surface area contributed by atoms with Crippen LogP contribution in [-0.4, -0.2) is 54.1 Å². The Morgan fingerprint density at radius 2 is 1.88 bits per heavy atom. The van der Waals surface area contributed by atoms with Gasteiger partial charge in [0, 0.05) is 47.5 Å². The van der Waals surface area contributed by atoms with Crippen LogP contribution < -0.4 is 26.8 Å². The molecule has 5 atom stereocenters. The van der Waals surface area contributed by atoms with E-state index in [1.807, 2.05) is 38.1 Å². The van der Waals surface area contributed by atoms with E-state index in [1.54, 1.807) is 18.3 Å². The number of carbonyl (C=O) groups is 5. The van der Waals surface area contributed by atoms with E-state index < -0.39 is 11.7 Å². The van der Waals surface area contributed by atoms with Crippen LogP contribution >= 0.6 is 27.3 Å². The second-order valence-corrected chi connectivity index (χ2v) is 14.3. The summed E-state index contributed by atoms with van der Waals surface area (Å²) in [5, 5.41) is 11.5. The maximum absolute atomic E-state index is 12.3. The molecule has 0 aliphatic heterocycles. The van der Waals surface area contributed by atoms with E-state index in [9.17, 15) is 28.8 Å². The van der Waals surface area contributed by atoms with Gasteiger partial charge < -0.3 is 25.8 Å². The van der Waals surface area contributed by atoms with Crippen LogP contribution in [0.1, 0.15) is 75.4 Å². The number of amides is 4. The molecule has 5 rings (SSSR count). The molecule has 2 aliphatic rings. The van der Waals surface area contributed by atoms with Crippen molar-refractivity contribution in [3.8, 4) is 0 Å². The van der Waals surface area contributed by atoms with Crippen LogP contribution in [0.3, 0.4) is 0 Å². The highest BCUT2D eigenvalue weighted by Crippen LogP contribution is 2.42. The van der Waals surface area contributed by atoms with Crippen LogP contribution in [0.15, 0.2) is 51.9 Å². The molecule has 2 aliphatic carbocycles. The van der Waals surface area contributed by atoms with Gasteiger partial charge in [-0.15, -0.1) is 11.3 Å². The Morgan fingerprint density at radius 3 is 2.56 bits per heavy atom. The maximum atomic E-state index is 12.3. The number of halogens is 1. The number of nitrogens with one attached hydrogen (secondary N) is 4. The SMILES string of the molecule is CC1CC2CCCC(C2)C1NC=O.CCn1cccc(NC=O)c1=O.CNC(=O)C(=O)CCC(C)NC(=O)c1cc2cc(Br)ccc2s1. The molecule has 2 saturated carbocycles. The van der Waals surface area contributed by atoms with E-state index >= 15 is 0 Å². The van der Waals surface area contributed by atoms with E-state index in [2.05, 4.69) is 44.1 Å². The standard InChI is InChI=1S/C16H17BrN2O3S.C11H19NO.C8H10N2O2/c1-9(3-5-12(20)15(21)18-2)19-16(22)14-8-10-7-11(17)4-6-13(10)23-14;1-8-5-9-3-2-4-10(6-9)11(8)12-7-13;1-2-10-5-3-4-7(8(10)12)9-6-11/h4,6-9H,3,5H2,1-2H3,(H,18,21)(H,19,22);7-11H,2-6H2,1H3,(H,12,13);3-6H,2H2,1H3,(H,9,11). The average Bonchev–Trinajstić information content (AvgIpc) is 3.50. The number of aryl methyl sites for hydroxylation is 1. The van der Waals surface area contributed by atoms with Gasteiger partial charge >= 0.3 is 0 Å². The first-order chi connectivity index (χ1) is 23.0. The number of nitrogens with zero attached hydrogens (tertiary/aromatic N) is 1. The predicted octanol–water partition coefficient (Wildman–Crippen LogP) is 5.26. The molecule has 2 fully saturated rings. The molecule has 2 aromatic heterocycles. The van der Waals surface area contributed by atoms with Crippen molar-refractivity contribution >= 4 is 73.5 Å². The van der Waals surface area contributed by atoms with Gasteiger partial charge in [-0.3, -0.25) is 28.8 Å². The second-order valence-electron chi connectivity index (χ2n) is 12.3. The molecule has 2 heterocycles. The second kappa shape index (κ2) is 19.2. The van der Waals surface area contributed by atoms with Gasteiger partial charge in [0.2, 0.25) is 18.6 Å². The van der Waals surface area contributed by atoms with Crippen molar-refractivity contribution in [1.82, 2.24) is 20.5 Å². The molecular formula is C35H46BrN5O6S. The number of hydrogen-bond donors (Lipinski definition) is 4. The minimum absolute atomic E-state index is 0.112. The molecule has 0 radical (unpaired) electrons. The normalized spacial score (nSPS) is 20.0. The van der Waals surface area contributed by atoms with Crippen molar-refractivity contribution < 1.29 is 24.0 Å². The molecule has 4 amide bonds. The zero-order valence-corrected chi connectivity index (χ0v) is 30.3. The maximum Gasteiger partial charge on any atom is 0.287 e. The van der Waals surface area contributed by atoms with Crippen molar-refractivity contribution in [2.45, 2.75) is 84.3 Å². The Kier molecular flexibility index (Phi) is 15.5. The molecule has 48 heavy (non-hydrogen) atoms. The number of ketones is 1. The topological polar surface area (TPSA) is 155 Å². The molecule has 11 nitrogen and oxygen atoms in total. The summed E-state index contributed by atoms with van der Waals surface area (Å²) in [4.78, 5) is 67.4. The number of pyridine rings is 1. The van der Waals surface area contributed by atoms with Crippen LogP contribution in [-0.2, 0) is 25.7 Å². The number of carbonyl (C=O) groups excluding carboxylic acids is 5. The van der Waals surface area contributed by atoms with Crippen LogP contribution in [0.2, 0.25) is 0 Å². The first-order valence-electron chi connectivity index (χ1n) is 16.3. The Balaban J connectivity index is 0.000000212. The van der Waals surface area contributed by atoms with E-state index in [0.717, 1.165) is 32.8 Å². The lowest BCUT2D eigenvalue weighted by atomic mass is 9.66. The van der Waals surface area contributed by atoms with E-state index in [1.165, 1.54) is 55.1 Å². The zero-order chi connectivity index (χ0) is 35.2. The van der Waals surface area contributed by atoms with Crippen molar-refractivity contribution in [2.24, 2.45) is 17.8 Å². The number of likely N-dealkylation sites (N-methyl/N-ethyl adjacent to an activating group) is 1. The minimum Gasteiger partial charge on any atom is -0.355 e. The zero-order valence-electron chi connectivity index (χ0n) is 27.9. The first-order valence-corrected chi connectivity index (χ1v) is 18.0. The van der Waals surface area contributed by atoms with E-state index in [0.29, 0.717) is 41.9 Å². The third-order valence-corrected chi connectivity index (χ3v) is 10.5. The molecule has 3 aromatic rings. The average molecular weight is 745 g/mol. The van der Waals surface area contributed by atoms with Gasteiger partial charge in [-0.2, -0.15) is 0 Å². The van der Waals surface area contributed by atoms with Crippen LogP contribution in [0.25, 0.3) is 10.1 Å². The molecular weight excluding hydrogens is 698 g/mol. The van der Waals surface area contributed by atoms with Gasteiger partial charge in [-0.05, 0) is 99.1 Å². The number of thiophene rings is 1. The van der Waals surface area contributed by atoms with E-state index in [-0.39, 0.29) is 23.9 Å². The predicted molar refractivity (Wildman–Crippen MR) is 193 cm³/mol. The third-order valence-electron chi connectivity index (χ3n) is 8.85. The lowest BCUT2D eigenvalue weighted by Crippen LogP contribution is -2.47. The summed E-state index contributed by atoms with van der Waals surface area (Å²) in [5.74, 6) is 1.18. The number of rotatable bonds is 11. The van der Waals surface area contributed by atoms with Crippen molar-refractivity contribution in [3.05, 3.63) is 62.3 Å². The monoisotopic (exact) mass is 743 g/mol. The molecule has 2 bridgehead atoms. The lowest BCUT2D eigenvalue weighted by Gasteiger charge is -2.43. The van der Waals surface area contributed by atoms with Gasteiger partial charge in [-0.1, -0.05) is 35.7 Å². The Labute approximate surface area is 293 Å². The highest BCUT2D eigenvalue weighted by molar-refractivity contribution is 9.10. The number of fused-ring (bicyclic) bond motifs is 3. The summed E-state index contributed by atoms with van der Waals surface area (Å²) >= 11 is 4.84. The first kappa shape index (κ1) is 38.6. The fourth-order valence-corrected chi connectivity index (χ4v) is 7.77. The number of hydrogen-bond acceptors (Lipinski definition) is 7. The summed E-state index contributed by atoms with van der Waals surface area (Å²) in [6, 6.07) is 11.3. The van der Waals surface area contributed by atoms with E-state index in [4.69, 9.17) is 0 Å². The number of aromatic nitrogens is 1. The number of benzene rings is 1. The highest BCUT2D eigenvalue weighted by Gasteiger charge is 2.37. The van der Waals surface area contributed by atoms with Crippen molar-refractivity contribution in [2.75, 3.05) is 12.4 Å². The highest BCUT2D eigenvalue weighted by atomic mass is 79.9. The summed E-state index contributed by atoms with van der Waals surface area (Å²) in [6.45, 7) is 6.57. The molecule has 5 unspecified atom stereocenters. The summed E-state index contributed by atoms with van der Waals surface area (Å²) < 4.78 is 3.53. The minimum atomic E-state index is -0.599. The molecule has 260 valence electrons. The van der Waals surface area contributed by atoms with Gasteiger partial charge in [-0.25, -0.2) is 0 Å². The lowest BCUT2D eigenvalue weighted by molar-refractivity contribution is -0.137. The molecule has 0 spiro atoms. The van der Waals surface area contributed by atoms with Gasteiger partial charge in [0.05, 0.1) is 4.88 Å². The van der Waals surface area contributed by atoms with Crippen LogP contribution in [0.5, 0.6) is 0 Å². The van der Waals surface area contributed by atoms with Gasteiger partial charge in [0.1, 0.15) is 5.69 Å². The largest absolute Gasteiger partial charge is 0.355 e. The van der Waals surface area contributed by atoms with Crippen LogP contribution in [0.4, 0.5) is 5.69 Å². The molecule has 1 aromatic carbocycles. The summed E-state index contributed by atoms with van der Waals surface area (Å²) in [5.41, 5.74) is 0.140. The molecule has 4 N–H and O–H groups in total. The quantitative estimate of drug-likeness (QED) is 0.155. The number of Topliss-reactive ketones (excluding diaryl/α,β-unsaturated/α-hetero) is 1. The van der Waals surface area contributed by atoms with Crippen molar-refractivity contribution in [3.63, 3.8) is 0 Å². The Bertz CT molecular complexity index is 1620. The Hall–Kier alpha value is -3.84. The number of anilines is 1. The van der Waals surface area contributed by atoms with Crippen molar-refractivity contribution in [1.29, 1.82) is 0 Å². The Morgan fingerprint density at radius 1 is 1.10 bits per heavy atom. The smallest absolute Gasteiger partial charge is 0.287 e.